The Balaban J connectivity index is 2.03. The minimum atomic E-state index is -0.332. The maximum Gasteiger partial charge on any atom is 0.149 e. The number of hydrogen-bond donors (Lipinski definition) is 2. The molecule has 0 radical (unpaired) electrons. The topological polar surface area (TPSA) is 50.5 Å². The predicted octanol–water partition coefficient (Wildman–Crippen LogP) is 1.07. The van der Waals surface area contributed by atoms with Gasteiger partial charge in [-0.25, -0.2) is 9.40 Å². The van der Waals surface area contributed by atoms with Crippen LogP contribution in [0.3, 0.4) is 0 Å². The molecule has 2 rings (SSSR count). The first-order valence-electron chi connectivity index (χ1n) is 4.90. The van der Waals surface area contributed by atoms with Crippen molar-refractivity contribution in [3.05, 3.63) is 24.0 Å². The van der Waals surface area contributed by atoms with Crippen molar-refractivity contribution in [2.24, 2.45) is 0 Å². The van der Waals surface area contributed by atoms with Gasteiger partial charge >= 0.3 is 0 Å². The number of rotatable bonds is 2. The Morgan fingerprint density at radius 2 is 2.07 bits per heavy atom. The number of halogens is 1. The molecule has 1 heterocycles. The van der Waals surface area contributed by atoms with Crippen LogP contribution in [0, 0.1) is 5.82 Å². The lowest BCUT2D eigenvalue weighted by molar-refractivity contribution is 0.0495. The molecule has 1 fully saturated rings. The molecule has 0 bridgehead atoms. The molecule has 0 aliphatic carbocycles. The minimum Gasteiger partial charge on any atom is -0.399 e. The van der Waals surface area contributed by atoms with Gasteiger partial charge in [-0.1, -0.05) is 0 Å². The van der Waals surface area contributed by atoms with E-state index in [9.17, 15) is 4.39 Å². The third-order valence-electron chi connectivity index (χ3n) is 2.28. The van der Waals surface area contributed by atoms with E-state index in [0.29, 0.717) is 24.6 Å². The molecule has 1 aromatic rings. The largest absolute Gasteiger partial charge is 0.399 e. The first-order valence-corrected chi connectivity index (χ1v) is 4.90. The van der Waals surface area contributed by atoms with Crippen LogP contribution >= 0.6 is 0 Å². The van der Waals surface area contributed by atoms with E-state index in [4.69, 9.17) is 10.5 Å². The summed E-state index contributed by atoms with van der Waals surface area (Å²) in [5, 5.41) is 1.93. The highest BCUT2D eigenvalue weighted by Gasteiger charge is 2.11. The fourth-order valence-electron chi connectivity index (χ4n) is 1.47. The van der Waals surface area contributed by atoms with E-state index in [1.165, 1.54) is 6.07 Å². The van der Waals surface area contributed by atoms with Crippen LogP contribution in [-0.4, -0.2) is 31.3 Å². The van der Waals surface area contributed by atoms with Gasteiger partial charge in [-0.3, -0.25) is 0 Å². The van der Waals surface area contributed by atoms with Crippen molar-refractivity contribution in [3.8, 4) is 0 Å². The van der Waals surface area contributed by atoms with Crippen LogP contribution in [0.4, 0.5) is 15.8 Å². The van der Waals surface area contributed by atoms with E-state index < -0.39 is 0 Å². The molecule has 5 heteroatoms. The van der Waals surface area contributed by atoms with Crippen molar-refractivity contribution in [1.82, 2.24) is 5.01 Å². The van der Waals surface area contributed by atoms with Crippen molar-refractivity contribution in [1.29, 1.82) is 0 Å². The summed E-state index contributed by atoms with van der Waals surface area (Å²) in [7, 11) is 0. The molecule has 4 nitrogen and oxygen atoms in total. The first-order chi connectivity index (χ1) is 7.25. The Morgan fingerprint density at radius 3 is 2.73 bits per heavy atom. The number of anilines is 2. The highest BCUT2D eigenvalue weighted by atomic mass is 19.1. The van der Waals surface area contributed by atoms with Gasteiger partial charge < -0.3 is 15.9 Å². The quantitative estimate of drug-likeness (QED) is 0.718. The zero-order chi connectivity index (χ0) is 10.7. The van der Waals surface area contributed by atoms with E-state index >= 15 is 0 Å². The van der Waals surface area contributed by atoms with Crippen LogP contribution in [0.1, 0.15) is 0 Å². The second-order valence-corrected chi connectivity index (χ2v) is 3.45. The Hall–Kier alpha value is -1.33. The van der Waals surface area contributed by atoms with Crippen LogP contribution in [0.15, 0.2) is 18.2 Å². The zero-order valence-electron chi connectivity index (χ0n) is 8.37. The fraction of sp³-hybridized carbons (Fsp3) is 0.400. The summed E-state index contributed by atoms with van der Waals surface area (Å²) in [6.07, 6.45) is 0. The number of nitrogens with zero attached hydrogens (tertiary/aromatic N) is 1. The summed E-state index contributed by atoms with van der Waals surface area (Å²) in [5.41, 5.74) is 9.34. The highest BCUT2D eigenvalue weighted by Crippen LogP contribution is 2.17. The number of ether oxygens (including phenoxy) is 1. The number of morpholine rings is 1. The smallest absolute Gasteiger partial charge is 0.149 e. The summed E-state index contributed by atoms with van der Waals surface area (Å²) in [6.45, 7) is 2.85. The van der Waals surface area contributed by atoms with Crippen molar-refractivity contribution in [2.45, 2.75) is 0 Å². The van der Waals surface area contributed by atoms with E-state index in [-0.39, 0.29) is 5.82 Å². The summed E-state index contributed by atoms with van der Waals surface area (Å²) < 4.78 is 18.6. The third kappa shape index (κ3) is 2.57. The Morgan fingerprint density at radius 1 is 1.33 bits per heavy atom. The van der Waals surface area contributed by atoms with E-state index in [1.807, 2.05) is 5.01 Å². The summed E-state index contributed by atoms with van der Waals surface area (Å²) in [4.78, 5) is 0. The molecule has 1 aromatic carbocycles. The standard InChI is InChI=1S/C10H14FN3O/c11-9-7-8(12)1-2-10(9)13-14-3-5-15-6-4-14/h1-2,7,13H,3-6,12H2. The Kier molecular flexibility index (Phi) is 3.03. The maximum atomic E-state index is 13.4. The van der Waals surface area contributed by atoms with Crippen LogP contribution in [-0.2, 0) is 4.74 Å². The van der Waals surface area contributed by atoms with Gasteiger partial charge in [0.2, 0.25) is 0 Å². The molecule has 1 saturated heterocycles. The second kappa shape index (κ2) is 4.46. The molecule has 0 amide bonds. The van der Waals surface area contributed by atoms with Crippen LogP contribution in [0.25, 0.3) is 0 Å². The molecule has 15 heavy (non-hydrogen) atoms. The average molecular weight is 211 g/mol. The van der Waals surface area contributed by atoms with Crippen molar-refractivity contribution >= 4 is 11.4 Å². The lowest BCUT2D eigenvalue weighted by atomic mass is 10.3. The molecular weight excluding hydrogens is 197 g/mol. The van der Waals surface area contributed by atoms with E-state index in [2.05, 4.69) is 5.43 Å². The van der Waals surface area contributed by atoms with Crippen molar-refractivity contribution in [3.63, 3.8) is 0 Å². The number of nitrogen functional groups attached to an aromatic ring is 1. The molecular formula is C10H14FN3O. The maximum absolute atomic E-state index is 13.4. The lowest BCUT2D eigenvalue weighted by Crippen LogP contribution is -2.40. The molecule has 0 spiro atoms. The number of benzene rings is 1. The van der Waals surface area contributed by atoms with Crippen LogP contribution in [0.2, 0.25) is 0 Å². The summed E-state index contributed by atoms with van der Waals surface area (Å²) in [6, 6.07) is 4.62. The van der Waals surface area contributed by atoms with Crippen LogP contribution in [0.5, 0.6) is 0 Å². The normalized spacial score (nSPS) is 17.7. The minimum absolute atomic E-state index is 0.332. The summed E-state index contributed by atoms with van der Waals surface area (Å²) in [5.74, 6) is -0.332. The van der Waals surface area contributed by atoms with Crippen molar-refractivity contribution < 1.29 is 9.13 Å². The summed E-state index contributed by atoms with van der Waals surface area (Å²) >= 11 is 0. The first kappa shape index (κ1) is 10.2. The fourth-order valence-corrected chi connectivity index (χ4v) is 1.47. The number of nitrogens with two attached hydrogens (primary N) is 1. The zero-order valence-corrected chi connectivity index (χ0v) is 8.37. The molecule has 0 saturated carbocycles. The SMILES string of the molecule is Nc1ccc(NN2CCOCC2)c(F)c1. The molecule has 82 valence electrons. The molecule has 0 aromatic heterocycles. The number of hydrazine groups is 1. The Labute approximate surface area is 87.8 Å². The van der Waals surface area contributed by atoms with Gasteiger partial charge in [0.15, 0.2) is 0 Å². The van der Waals surface area contributed by atoms with Gasteiger partial charge in [0, 0.05) is 18.8 Å². The molecule has 0 atom stereocenters. The van der Waals surface area contributed by atoms with Gasteiger partial charge in [-0.15, -0.1) is 0 Å². The third-order valence-corrected chi connectivity index (χ3v) is 2.28. The molecule has 1 aliphatic heterocycles. The van der Waals surface area contributed by atoms with Gasteiger partial charge in [0.05, 0.1) is 18.9 Å². The van der Waals surface area contributed by atoms with Gasteiger partial charge in [0.1, 0.15) is 5.82 Å². The van der Waals surface area contributed by atoms with E-state index in [1.54, 1.807) is 12.1 Å². The van der Waals surface area contributed by atoms with Gasteiger partial charge in [0.25, 0.3) is 0 Å². The van der Waals surface area contributed by atoms with Crippen molar-refractivity contribution in [2.75, 3.05) is 37.5 Å². The molecule has 1 aliphatic rings. The Bertz CT molecular complexity index is 339. The number of hydrogen-bond acceptors (Lipinski definition) is 4. The molecule has 0 unspecified atom stereocenters. The second-order valence-electron chi connectivity index (χ2n) is 3.45. The van der Waals surface area contributed by atoms with E-state index in [0.717, 1.165) is 13.1 Å². The van der Waals surface area contributed by atoms with Gasteiger partial charge in [-0.05, 0) is 18.2 Å². The molecule has 3 N–H and O–H groups in total. The average Bonchev–Trinajstić information content (AvgIpc) is 2.24. The van der Waals surface area contributed by atoms with Crippen LogP contribution < -0.4 is 11.2 Å². The highest BCUT2D eigenvalue weighted by molar-refractivity contribution is 5.52. The monoisotopic (exact) mass is 211 g/mol. The van der Waals surface area contributed by atoms with Gasteiger partial charge in [-0.2, -0.15) is 0 Å². The lowest BCUT2D eigenvalue weighted by Gasteiger charge is -2.28. The predicted molar refractivity (Wildman–Crippen MR) is 56.8 cm³/mol. The number of nitrogens with one attached hydrogen (secondary N) is 1.